The number of rotatable bonds is 1. The maximum Gasteiger partial charge on any atom is 0.349 e. The van der Waals surface area contributed by atoms with Crippen molar-refractivity contribution in [2.45, 2.75) is 11.8 Å². The van der Waals surface area contributed by atoms with Gasteiger partial charge in [-0.25, -0.2) is 4.79 Å². The first kappa shape index (κ1) is 13.4. The molecule has 3 rings (SSSR count). The van der Waals surface area contributed by atoms with Crippen LogP contribution < -0.4 is 10.9 Å². The van der Waals surface area contributed by atoms with E-state index in [2.05, 4.69) is 34.0 Å². The highest BCUT2D eigenvalue weighted by molar-refractivity contribution is 7.80. The van der Waals surface area contributed by atoms with E-state index in [9.17, 15) is 4.79 Å². The summed E-state index contributed by atoms with van der Waals surface area (Å²) in [6.45, 7) is 2.05. The van der Waals surface area contributed by atoms with Crippen LogP contribution in [0.4, 0.5) is 0 Å². The molecule has 0 saturated carbocycles. The lowest BCUT2D eigenvalue weighted by molar-refractivity contribution is 0.544. The van der Waals surface area contributed by atoms with E-state index in [1.165, 1.54) is 0 Å². The van der Waals surface area contributed by atoms with E-state index in [0.29, 0.717) is 10.5 Å². The summed E-state index contributed by atoms with van der Waals surface area (Å²) in [5.41, 5.74) is 3.49. The van der Waals surface area contributed by atoms with Gasteiger partial charge in [0.25, 0.3) is 0 Å². The molecule has 20 heavy (non-hydrogen) atoms. The van der Waals surface area contributed by atoms with Gasteiger partial charge in [-0.3, -0.25) is 0 Å². The summed E-state index contributed by atoms with van der Waals surface area (Å²) in [6, 6.07) is 13.9. The standard InChI is InChI=1S/C16H13O2PS/c1-9-6-11-7-15(20)16(17)18-14(11)8-13(9)10-2-4-12(19)5-3-10/h2-8,20H,19H2,1H3. The van der Waals surface area contributed by atoms with Crippen molar-refractivity contribution in [3.05, 3.63) is 58.4 Å². The van der Waals surface area contributed by atoms with Crippen LogP contribution in [0, 0.1) is 6.92 Å². The molecule has 0 aliphatic carbocycles. The highest BCUT2D eigenvalue weighted by Gasteiger charge is 2.08. The molecule has 100 valence electrons. The fourth-order valence-electron chi connectivity index (χ4n) is 2.24. The van der Waals surface area contributed by atoms with Crippen LogP contribution in [0.2, 0.25) is 0 Å². The second kappa shape index (κ2) is 5.08. The number of fused-ring (bicyclic) bond motifs is 1. The quantitative estimate of drug-likeness (QED) is 0.423. The van der Waals surface area contributed by atoms with Crippen molar-refractivity contribution < 1.29 is 4.42 Å². The predicted molar refractivity (Wildman–Crippen MR) is 89.3 cm³/mol. The number of aryl methyl sites for hydroxylation is 1. The molecule has 0 fully saturated rings. The zero-order valence-corrected chi connectivity index (χ0v) is 12.9. The zero-order chi connectivity index (χ0) is 14.3. The Morgan fingerprint density at radius 3 is 2.50 bits per heavy atom. The van der Waals surface area contributed by atoms with Gasteiger partial charge in [-0.15, -0.1) is 21.9 Å². The number of hydrogen-bond donors (Lipinski definition) is 1. The van der Waals surface area contributed by atoms with Gasteiger partial charge in [0.05, 0.1) is 4.90 Å². The molecular weight excluding hydrogens is 287 g/mol. The van der Waals surface area contributed by atoms with Crippen molar-refractivity contribution in [3.8, 4) is 11.1 Å². The van der Waals surface area contributed by atoms with Crippen molar-refractivity contribution in [2.75, 3.05) is 0 Å². The minimum Gasteiger partial charge on any atom is -0.422 e. The molecule has 3 aromatic rings. The molecule has 1 aromatic heterocycles. The molecule has 4 heteroatoms. The third-order valence-corrected chi connectivity index (χ3v) is 3.98. The molecule has 0 spiro atoms. The number of thiol groups is 1. The topological polar surface area (TPSA) is 30.2 Å². The van der Waals surface area contributed by atoms with Crippen molar-refractivity contribution in [1.82, 2.24) is 0 Å². The molecule has 0 N–H and O–H groups in total. The van der Waals surface area contributed by atoms with Gasteiger partial charge in [0.2, 0.25) is 0 Å². The summed E-state index contributed by atoms with van der Waals surface area (Å²) in [5.74, 6) is 0. The Hall–Kier alpha value is -1.57. The second-order valence-electron chi connectivity index (χ2n) is 4.75. The van der Waals surface area contributed by atoms with Gasteiger partial charge >= 0.3 is 5.63 Å². The molecule has 2 nitrogen and oxygen atoms in total. The highest BCUT2D eigenvalue weighted by atomic mass is 32.1. The van der Waals surface area contributed by atoms with Crippen LogP contribution >= 0.6 is 21.9 Å². The Labute approximate surface area is 124 Å². The Morgan fingerprint density at radius 1 is 1.10 bits per heavy atom. The smallest absolute Gasteiger partial charge is 0.349 e. The zero-order valence-electron chi connectivity index (χ0n) is 10.9. The van der Waals surface area contributed by atoms with Gasteiger partial charge in [-0.1, -0.05) is 24.3 Å². The fourth-order valence-corrected chi connectivity index (χ4v) is 2.62. The van der Waals surface area contributed by atoms with E-state index in [4.69, 9.17) is 4.42 Å². The Bertz CT molecular complexity index is 851. The van der Waals surface area contributed by atoms with Crippen molar-refractivity contribution in [3.63, 3.8) is 0 Å². The summed E-state index contributed by atoms with van der Waals surface area (Å²) in [4.78, 5) is 11.9. The average Bonchev–Trinajstić information content (AvgIpc) is 2.41. The fraction of sp³-hybridized carbons (Fsp3) is 0.0625. The monoisotopic (exact) mass is 300 g/mol. The summed E-state index contributed by atoms with van der Waals surface area (Å²) < 4.78 is 5.30. The lowest BCUT2D eigenvalue weighted by Crippen LogP contribution is -1.99. The molecule has 0 aliphatic rings. The van der Waals surface area contributed by atoms with Crippen LogP contribution in [-0.4, -0.2) is 0 Å². The summed E-state index contributed by atoms with van der Waals surface area (Å²) in [5, 5.41) is 2.02. The van der Waals surface area contributed by atoms with Gasteiger partial charge in [0, 0.05) is 5.39 Å². The predicted octanol–water partition coefficient (Wildman–Crippen LogP) is 3.56. The Morgan fingerprint density at radius 2 is 1.80 bits per heavy atom. The minimum atomic E-state index is -0.407. The summed E-state index contributed by atoms with van der Waals surface area (Å²) in [6.07, 6.45) is 0. The van der Waals surface area contributed by atoms with E-state index in [1.54, 1.807) is 6.07 Å². The second-order valence-corrected chi connectivity index (χ2v) is 5.89. The molecule has 0 radical (unpaired) electrons. The van der Waals surface area contributed by atoms with E-state index < -0.39 is 5.63 Å². The van der Waals surface area contributed by atoms with Crippen molar-refractivity contribution in [2.24, 2.45) is 0 Å². The van der Waals surface area contributed by atoms with Gasteiger partial charge in [0.1, 0.15) is 5.58 Å². The lowest BCUT2D eigenvalue weighted by atomic mass is 9.99. The van der Waals surface area contributed by atoms with E-state index in [0.717, 1.165) is 27.4 Å². The minimum absolute atomic E-state index is 0.331. The normalized spacial score (nSPS) is 10.9. The van der Waals surface area contributed by atoms with Gasteiger partial charge < -0.3 is 4.42 Å². The maximum absolute atomic E-state index is 11.6. The third-order valence-electron chi connectivity index (χ3n) is 3.28. The molecule has 1 atom stereocenters. The molecule has 0 amide bonds. The van der Waals surface area contributed by atoms with Crippen LogP contribution in [-0.2, 0) is 0 Å². The average molecular weight is 300 g/mol. The third kappa shape index (κ3) is 2.39. The molecule has 1 unspecified atom stereocenters. The molecule has 0 bridgehead atoms. The highest BCUT2D eigenvalue weighted by Crippen LogP contribution is 2.28. The molecule has 0 aliphatic heterocycles. The summed E-state index contributed by atoms with van der Waals surface area (Å²) >= 11 is 4.11. The van der Waals surface area contributed by atoms with E-state index in [1.807, 2.05) is 31.2 Å². The van der Waals surface area contributed by atoms with Crippen molar-refractivity contribution >= 4 is 38.1 Å². The Kier molecular flexibility index (Phi) is 3.41. The molecular formula is C16H13O2PS. The SMILES string of the molecule is Cc1cc2cc(S)c(=O)oc2cc1-c1ccc(P)cc1. The number of benzene rings is 2. The molecule has 1 heterocycles. The van der Waals surface area contributed by atoms with Crippen LogP contribution in [0.3, 0.4) is 0 Å². The van der Waals surface area contributed by atoms with E-state index in [-0.39, 0.29) is 0 Å². The largest absolute Gasteiger partial charge is 0.422 e. The van der Waals surface area contributed by atoms with Crippen LogP contribution in [0.5, 0.6) is 0 Å². The maximum atomic E-state index is 11.6. The Balaban J connectivity index is 2.26. The van der Waals surface area contributed by atoms with E-state index >= 15 is 0 Å². The number of hydrogen-bond acceptors (Lipinski definition) is 3. The van der Waals surface area contributed by atoms with Gasteiger partial charge in [-0.2, -0.15) is 0 Å². The first-order valence-corrected chi connectivity index (χ1v) is 7.20. The molecule has 0 saturated heterocycles. The van der Waals surface area contributed by atoms with Crippen LogP contribution in [0.1, 0.15) is 5.56 Å². The lowest BCUT2D eigenvalue weighted by Gasteiger charge is -2.08. The first-order valence-electron chi connectivity index (χ1n) is 6.18. The van der Waals surface area contributed by atoms with Crippen LogP contribution in [0.15, 0.2) is 56.6 Å². The molecule has 2 aromatic carbocycles. The van der Waals surface area contributed by atoms with Gasteiger partial charge in [-0.05, 0) is 47.1 Å². The van der Waals surface area contributed by atoms with Gasteiger partial charge in [0.15, 0.2) is 0 Å². The van der Waals surface area contributed by atoms with Crippen molar-refractivity contribution in [1.29, 1.82) is 0 Å². The van der Waals surface area contributed by atoms with Crippen LogP contribution in [0.25, 0.3) is 22.1 Å². The first-order chi connectivity index (χ1) is 9.54. The summed E-state index contributed by atoms with van der Waals surface area (Å²) in [7, 11) is 2.67.